The summed E-state index contributed by atoms with van der Waals surface area (Å²) in [5, 5.41) is 29.0. The average Bonchev–Trinajstić information content (AvgIpc) is 3.16. The largest absolute Gasteiger partial charge is 0.477 e. The van der Waals surface area contributed by atoms with Crippen LogP contribution in [0.3, 0.4) is 0 Å². The number of β-lactam (4-membered cyclic amide) rings is 1. The minimum absolute atomic E-state index is 0.0773. The van der Waals surface area contributed by atoms with Crippen LogP contribution in [0.15, 0.2) is 10.6 Å². The van der Waals surface area contributed by atoms with E-state index in [1.54, 1.807) is 6.92 Å². The molecule has 0 unspecified atom stereocenters. The van der Waals surface area contributed by atoms with Gasteiger partial charge in [0, 0.05) is 48.3 Å². The summed E-state index contributed by atoms with van der Waals surface area (Å²) in [6.07, 6.45) is 0.0703. The van der Waals surface area contributed by atoms with E-state index in [0.29, 0.717) is 13.1 Å². The van der Waals surface area contributed by atoms with Crippen LogP contribution in [0.1, 0.15) is 20.3 Å². The molecule has 0 aromatic rings. The van der Waals surface area contributed by atoms with E-state index in [1.807, 2.05) is 6.92 Å². The van der Waals surface area contributed by atoms with Gasteiger partial charge in [-0.25, -0.2) is 9.59 Å². The first-order chi connectivity index (χ1) is 13.7. The highest BCUT2D eigenvalue weighted by molar-refractivity contribution is 8.03. The van der Waals surface area contributed by atoms with E-state index in [1.165, 1.54) is 16.7 Å². The fourth-order valence-corrected chi connectivity index (χ4v) is 5.95. The summed E-state index contributed by atoms with van der Waals surface area (Å²) in [6, 6.07) is -0.576. The molecule has 2 saturated heterocycles. The number of carbonyl (C=O) groups is 3. The van der Waals surface area contributed by atoms with Gasteiger partial charge in [0.2, 0.25) is 5.91 Å². The Morgan fingerprint density at radius 1 is 1.41 bits per heavy atom. The molecule has 7 N–H and O–H groups in total. The number of amides is 3. The number of aliphatic hydroxyl groups excluding tert-OH is 1. The maximum absolute atomic E-state index is 12.4. The number of aliphatic carboxylic acids is 1. The molecule has 11 heteroatoms. The Balaban J connectivity index is 1.56. The molecule has 0 bridgehead atoms. The van der Waals surface area contributed by atoms with Crippen LogP contribution in [0, 0.1) is 11.8 Å². The maximum atomic E-state index is 12.4. The summed E-state index contributed by atoms with van der Waals surface area (Å²) >= 11 is 1.53. The van der Waals surface area contributed by atoms with Gasteiger partial charge in [-0.3, -0.25) is 4.79 Å². The first-order valence-electron chi connectivity index (χ1n) is 9.85. The van der Waals surface area contributed by atoms with Crippen molar-refractivity contribution in [2.45, 2.75) is 43.7 Å². The number of nitrogens with one attached hydrogen (secondary N) is 3. The van der Waals surface area contributed by atoms with E-state index in [4.69, 9.17) is 5.73 Å². The summed E-state index contributed by atoms with van der Waals surface area (Å²) < 4.78 is 0. The number of urea groups is 1. The van der Waals surface area contributed by atoms with Gasteiger partial charge in [0.15, 0.2) is 0 Å². The summed E-state index contributed by atoms with van der Waals surface area (Å²) in [5.74, 6) is -2.04. The zero-order chi connectivity index (χ0) is 21.3. The molecule has 29 heavy (non-hydrogen) atoms. The molecule has 0 aliphatic carbocycles. The number of nitrogens with zero attached hydrogens (tertiary/aromatic N) is 1. The normalized spacial score (nSPS) is 32.2. The fourth-order valence-electron chi connectivity index (χ4n) is 4.44. The lowest BCUT2D eigenvalue weighted by atomic mass is 9.79. The van der Waals surface area contributed by atoms with Gasteiger partial charge in [-0.1, -0.05) is 6.92 Å². The molecule has 3 aliphatic heterocycles. The third kappa shape index (κ3) is 4.37. The van der Waals surface area contributed by atoms with Crippen LogP contribution in [0.4, 0.5) is 4.79 Å². The second-order valence-electron chi connectivity index (χ2n) is 7.85. The lowest BCUT2D eigenvalue weighted by molar-refractivity contribution is -0.163. The molecule has 0 radical (unpaired) electrons. The minimum atomic E-state index is -1.09. The number of nitrogens with two attached hydrogens (primary N) is 1. The van der Waals surface area contributed by atoms with Crippen molar-refractivity contribution in [1.82, 2.24) is 20.9 Å². The molecule has 3 aliphatic rings. The Labute approximate surface area is 173 Å². The Morgan fingerprint density at radius 2 is 2.14 bits per heavy atom. The number of carboxylic acid groups (broad SMARTS) is 1. The number of hydrogen-bond acceptors (Lipinski definition) is 7. The van der Waals surface area contributed by atoms with Gasteiger partial charge >= 0.3 is 12.0 Å². The van der Waals surface area contributed by atoms with Gasteiger partial charge in [-0.2, -0.15) is 0 Å². The van der Waals surface area contributed by atoms with Crippen molar-refractivity contribution in [1.29, 1.82) is 0 Å². The van der Waals surface area contributed by atoms with Crippen molar-refractivity contribution in [3.05, 3.63) is 10.6 Å². The third-order valence-corrected chi connectivity index (χ3v) is 7.29. The van der Waals surface area contributed by atoms with Crippen molar-refractivity contribution >= 4 is 29.7 Å². The van der Waals surface area contributed by atoms with Crippen molar-refractivity contribution in [2.24, 2.45) is 17.6 Å². The monoisotopic (exact) mass is 427 g/mol. The molecule has 3 rings (SSSR count). The van der Waals surface area contributed by atoms with Crippen LogP contribution in [0.5, 0.6) is 0 Å². The zero-order valence-corrected chi connectivity index (χ0v) is 17.4. The molecule has 0 aromatic carbocycles. The van der Waals surface area contributed by atoms with Gasteiger partial charge in [-0.15, -0.1) is 11.8 Å². The van der Waals surface area contributed by atoms with E-state index < -0.39 is 24.0 Å². The van der Waals surface area contributed by atoms with Gasteiger partial charge in [-0.05, 0) is 13.3 Å². The van der Waals surface area contributed by atoms with Crippen LogP contribution < -0.4 is 21.7 Å². The molecule has 3 heterocycles. The van der Waals surface area contributed by atoms with E-state index in [-0.39, 0.29) is 34.9 Å². The molecule has 10 nitrogen and oxygen atoms in total. The number of thioether (sulfide) groups is 1. The first kappa shape index (κ1) is 21.9. The molecule has 6 atom stereocenters. The predicted molar refractivity (Wildman–Crippen MR) is 108 cm³/mol. The highest BCUT2D eigenvalue weighted by atomic mass is 32.2. The Bertz CT molecular complexity index is 715. The van der Waals surface area contributed by atoms with Gasteiger partial charge in [0.1, 0.15) is 5.70 Å². The van der Waals surface area contributed by atoms with Gasteiger partial charge < -0.3 is 36.8 Å². The summed E-state index contributed by atoms with van der Waals surface area (Å²) in [7, 11) is 0. The number of primary amides is 1. The van der Waals surface area contributed by atoms with Crippen LogP contribution in [0.2, 0.25) is 0 Å². The number of fused-ring (bicyclic) bond motifs is 1. The van der Waals surface area contributed by atoms with E-state index in [0.717, 1.165) is 24.4 Å². The quantitative estimate of drug-likeness (QED) is 0.199. The Kier molecular flexibility index (Phi) is 6.72. The third-order valence-electron chi connectivity index (χ3n) is 5.78. The Hall–Kier alpha value is -1.82. The number of carboxylic acids is 1. The van der Waals surface area contributed by atoms with Crippen LogP contribution in [0.25, 0.3) is 0 Å². The molecule has 0 spiro atoms. The van der Waals surface area contributed by atoms with Gasteiger partial charge in [0.05, 0.1) is 18.1 Å². The molecule has 162 valence electrons. The van der Waals surface area contributed by atoms with Crippen molar-refractivity contribution in [3.63, 3.8) is 0 Å². The first-order valence-corrected chi connectivity index (χ1v) is 10.7. The van der Waals surface area contributed by atoms with Crippen molar-refractivity contribution in [3.8, 4) is 0 Å². The number of carbonyl (C=O) groups excluding carboxylic acids is 2. The number of rotatable bonds is 9. The minimum Gasteiger partial charge on any atom is -0.477 e. The molecule has 0 saturated carbocycles. The highest BCUT2D eigenvalue weighted by Crippen LogP contribution is 2.51. The summed E-state index contributed by atoms with van der Waals surface area (Å²) in [6.45, 7) is 6.07. The molecular formula is C18H29N5O5S. The lowest BCUT2D eigenvalue weighted by Crippen LogP contribution is -2.63. The highest BCUT2D eigenvalue weighted by Gasteiger charge is 2.60. The topological polar surface area (TPSA) is 157 Å². The molecule has 2 fully saturated rings. The average molecular weight is 428 g/mol. The van der Waals surface area contributed by atoms with Gasteiger partial charge in [0.25, 0.3) is 0 Å². The lowest BCUT2D eigenvalue weighted by Gasteiger charge is -2.46. The molecular weight excluding hydrogens is 398 g/mol. The SMILES string of the molecule is C[C@@H](O)[C@H]1C(=O)N2C(C(=O)O)=C(S[C@@H]3CN[C@H](CNCCNC(N)=O)C3)[C@H](C)[C@@H]12. The standard InChI is InChI=1S/C18H29N5O5S/c1-8-13-12(9(2)24)16(25)23(13)14(17(26)27)15(8)29-11-5-10(22-7-11)6-20-3-4-21-18(19)28/h8-13,20,22,24H,3-7H2,1-2H3,(H,26,27)(H3,19,21,28)/t8-,9-,10+,11+,12-,13+/m1/s1. The van der Waals surface area contributed by atoms with Crippen molar-refractivity contribution in [2.75, 3.05) is 26.2 Å². The smallest absolute Gasteiger partial charge is 0.353 e. The number of aliphatic hydroxyl groups is 1. The maximum Gasteiger partial charge on any atom is 0.353 e. The van der Waals surface area contributed by atoms with Crippen molar-refractivity contribution < 1.29 is 24.6 Å². The molecule has 3 amide bonds. The zero-order valence-electron chi connectivity index (χ0n) is 16.6. The molecule has 0 aromatic heterocycles. The van der Waals surface area contributed by atoms with E-state index >= 15 is 0 Å². The van der Waals surface area contributed by atoms with Crippen LogP contribution in [-0.2, 0) is 9.59 Å². The summed E-state index contributed by atoms with van der Waals surface area (Å²) in [5.41, 5.74) is 5.09. The number of hydrogen-bond donors (Lipinski definition) is 6. The summed E-state index contributed by atoms with van der Waals surface area (Å²) in [4.78, 5) is 37.0. The Morgan fingerprint density at radius 3 is 2.76 bits per heavy atom. The second-order valence-corrected chi connectivity index (χ2v) is 9.19. The second kappa shape index (κ2) is 8.90. The van der Waals surface area contributed by atoms with E-state index in [2.05, 4.69) is 16.0 Å². The predicted octanol–water partition coefficient (Wildman–Crippen LogP) is -1.14. The fraction of sp³-hybridized carbons (Fsp3) is 0.722. The van der Waals surface area contributed by atoms with Crippen LogP contribution >= 0.6 is 11.8 Å². The van der Waals surface area contributed by atoms with Crippen LogP contribution in [-0.4, -0.2) is 82.6 Å². The van der Waals surface area contributed by atoms with E-state index in [9.17, 15) is 24.6 Å².